The molecule has 3 rings (SSSR count). The molecule has 2 nitrogen and oxygen atoms in total. The summed E-state index contributed by atoms with van der Waals surface area (Å²) < 4.78 is 5.33. The van der Waals surface area contributed by atoms with Gasteiger partial charge < -0.3 is 4.74 Å². The van der Waals surface area contributed by atoms with Crippen molar-refractivity contribution in [2.24, 2.45) is 11.3 Å². The molecule has 2 aliphatic rings. The lowest BCUT2D eigenvalue weighted by Crippen LogP contribution is -2.19. The Bertz CT molecular complexity index is 424. The van der Waals surface area contributed by atoms with Crippen molar-refractivity contribution >= 4 is 5.97 Å². The first-order valence-corrected chi connectivity index (χ1v) is 5.92. The molecular formula is C14H16O2. The van der Waals surface area contributed by atoms with E-state index in [1.807, 2.05) is 32.0 Å². The molecular weight excluding hydrogens is 200 g/mol. The molecule has 3 atom stereocenters. The van der Waals surface area contributed by atoms with Crippen molar-refractivity contribution < 1.29 is 9.53 Å². The van der Waals surface area contributed by atoms with Crippen molar-refractivity contribution in [3.8, 4) is 0 Å². The second-order valence-corrected chi connectivity index (χ2v) is 5.19. The number of fused-ring (bicyclic) bond motifs is 1. The Morgan fingerprint density at radius 1 is 1.38 bits per heavy atom. The smallest absolute Gasteiger partial charge is 0.313 e. The standard InChI is InChI=1S/C14H16O2/c1-9(2)16-13(15)14-8-11(14)12(14)10-6-4-3-5-7-10/h3-7,9,11-12H,8H2,1-2H3/t11-,12-,14+/m1/s1. The Balaban J connectivity index is 1.74. The third-order valence-electron chi connectivity index (χ3n) is 3.79. The van der Waals surface area contributed by atoms with Crippen molar-refractivity contribution in [1.82, 2.24) is 0 Å². The van der Waals surface area contributed by atoms with Crippen LogP contribution in [0.25, 0.3) is 0 Å². The summed E-state index contributed by atoms with van der Waals surface area (Å²) in [4.78, 5) is 11.9. The van der Waals surface area contributed by atoms with Crippen LogP contribution in [-0.4, -0.2) is 12.1 Å². The second-order valence-electron chi connectivity index (χ2n) is 5.19. The van der Waals surface area contributed by atoms with E-state index in [4.69, 9.17) is 4.74 Å². The maximum Gasteiger partial charge on any atom is 0.313 e. The second kappa shape index (κ2) is 3.09. The van der Waals surface area contributed by atoms with Crippen LogP contribution in [0.3, 0.4) is 0 Å². The molecule has 0 N–H and O–H groups in total. The highest BCUT2D eigenvalue weighted by molar-refractivity contribution is 5.88. The molecule has 0 radical (unpaired) electrons. The van der Waals surface area contributed by atoms with Crippen LogP contribution >= 0.6 is 0 Å². The van der Waals surface area contributed by atoms with Crippen LogP contribution in [0.15, 0.2) is 30.3 Å². The van der Waals surface area contributed by atoms with Crippen LogP contribution in [0, 0.1) is 11.3 Å². The van der Waals surface area contributed by atoms with Gasteiger partial charge in [0.1, 0.15) is 0 Å². The SMILES string of the molecule is CC(C)OC(=O)[C@@]12C[C@@H]1[C@H]2c1ccccc1. The van der Waals surface area contributed by atoms with Gasteiger partial charge in [-0.3, -0.25) is 4.79 Å². The Labute approximate surface area is 95.6 Å². The van der Waals surface area contributed by atoms with E-state index >= 15 is 0 Å². The topological polar surface area (TPSA) is 26.3 Å². The molecule has 0 saturated heterocycles. The van der Waals surface area contributed by atoms with Gasteiger partial charge in [-0.1, -0.05) is 30.3 Å². The lowest BCUT2D eigenvalue weighted by atomic mass is 9.97. The van der Waals surface area contributed by atoms with Gasteiger partial charge in [-0.05, 0) is 31.7 Å². The van der Waals surface area contributed by atoms with E-state index in [1.165, 1.54) is 5.56 Å². The molecule has 0 heterocycles. The summed E-state index contributed by atoms with van der Waals surface area (Å²) in [6, 6.07) is 10.3. The van der Waals surface area contributed by atoms with Gasteiger partial charge in [-0.25, -0.2) is 0 Å². The van der Waals surface area contributed by atoms with Crippen molar-refractivity contribution in [2.75, 3.05) is 0 Å². The third-order valence-corrected chi connectivity index (χ3v) is 3.79. The zero-order valence-corrected chi connectivity index (χ0v) is 9.64. The zero-order chi connectivity index (χ0) is 11.3. The number of carbonyl (C=O) groups is 1. The van der Waals surface area contributed by atoms with Crippen LogP contribution in [-0.2, 0) is 9.53 Å². The molecule has 1 aromatic carbocycles. The van der Waals surface area contributed by atoms with Gasteiger partial charge in [0, 0.05) is 5.92 Å². The minimum Gasteiger partial charge on any atom is -0.463 e. The quantitative estimate of drug-likeness (QED) is 0.726. The molecule has 0 spiro atoms. The minimum absolute atomic E-state index is 0.000137. The average Bonchev–Trinajstić information content (AvgIpc) is 3.05. The van der Waals surface area contributed by atoms with Gasteiger partial charge in [-0.2, -0.15) is 0 Å². The lowest BCUT2D eigenvalue weighted by Gasteiger charge is -2.13. The van der Waals surface area contributed by atoms with Gasteiger partial charge in [0.2, 0.25) is 0 Å². The Morgan fingerprint density at radius 3 is 2.62 bits per heavy atom. The highest BCUT2D eigenvalue weighted by atomic mass is 16.5. The van der Waals surface area contributed by atoms with E-state index < -0.39 is 0 Å². The molecule has 0 unspecified atom stereocenters. The summed E-state index contributed by atoms with van der Waals surface area (Å²) in [5.41, 5.74) is 1.16. The molecule has 0 aliphatic heterocycles. The van der Waals surface area contributed by atoms with E-state index in [0.29, 0.717) is 11.8 Å². The zero-order valence-electron chi connectivity index (χ0n) is 9.64. The van der Waals surface area contributed by atoms with Crippen molar-refractivity contribution in [3.63, 3.8) is 0 Å². The van der Waals surface area contributed by atoms with Crippen LogP contribution < -0.4 is 0 Å². The van der Waals surface area contributed by atoms with E-state index in [1.54, 1.807) is 0 Å². The number of hydrogen-bond acceptors (Lipinski definition) is 2. The summed E-state index contributed by atoms with van der Waals surface area (Å²) >= 11 is 0. The number of esters is 1. The predicted octanol–water partition coefficient (Wildman–Crippen LogP) is 2.74. The number of carbonyl (C=O) groups excluding carboxylic acids is 1. The van der Waals surface area contributed by atoms with Gasteiger partial charge in [-0.15, -0.1) is 0 Å². The van der Waals surface area contributed by atoms with Gasteiger partial charge in [0.25, 0.3) is 0 Å². The maximum atomic E-state index is 11.9. The Morgan fingerprint density at radius 2 is 2.06 bits per heavy atom. The first kappa shape index (κ1) is 9.88. The van der Waals surface area contributed by atoms with E-state index in [-0.39, 0.29) is 17.5 Å². The molecule has 0 bridgehead atoms. The predicted molar refractivity (Wildman–Crippen MR) is 61.0 cm³/mol. The van der Waals surface area contributed by atoms with E-state index in [9.17, 15) is 4.79 Å². The van der Waals surface area contributed by atoms with Crippen molar-refractivity contribution in [1.29, 1.82) is 0 Å². The molecule has 2 aliphatic carbocycles. The van der Waals surface area contributed by atoms with E-state index in [2.05, 4.69) is 12.1 Å². The van der Waals surface area contributed by atoms with Crippen LogP contribution in [0.2, 0.25) is 0 Å². The largest absolute Gasteiger partial charge is 0.463 e. The average molecular weight is 216 g/mol. The Kier molecular flexibility index (Phi) is 1.91. The van der Waals surface area contributed by atoms with E-state index in [0.717, 1.165) is 6.42 Å². The number of rotatable bonds is 3. The van der Waals surface area contributed by atoms with Gasteiger partial charge >= 0.3 is 5.97 Å². The normalized spacial score (nSPS) is 34.4. The molecule has 2 saturated carbocycles. The number of ether oxygens (including phenoxy) is 1. The summed E-state index contributed by atoms with van der Waals surface area (Å²) in [6.45, 7) is 3.82. The van der Waals surface area contributed by atoms with Crippen molar-refractivity contribution in [3.05, 3.63) is 35.9 Å². The molecule has 84 valence electrons. The summed E-state index contributed by atoms with van der Waals surface area (Å²) in [6.07, 6.45) is 1.03. The number of hydrogen-bond donors (Lipinski definition) is 0. The van der Waals surface area contributed by atoms with Gasteiger partial charge in [0.05, 0.1) is 11.5 Å². The highest BCUT2D eigenvalue weighted by Crippen LogP contribution is 2.84. The van der Waals surface area contributed by atoms with Gasteiger partial charge in [0.15, 0.2) is 0 Å². The molecule has 0 amide bonds. The summed E-state index contributed by atoms with van der Waals surface area (Å²) in [5.74, 6) is 1.00. The van der Waals surface area contributed by atoms with Crippen LogP contribution in [0.1, 0.15) is 31.7 Å². The summed E-state index contributed by atoms with van der Waals surface area (Å²) in [7, 11) is 0. The molecule has 2 fully saturated rings. The van der Waals surface area contributed by atoms with Crippen LogP contribution in [0.5, 0.6) is 0 Å². The fourth-order valence-corrected chi connectivity index (χ4v) is 2.78. The van der Waals surface area contributed by atoms with Crippen LogP contribution in [0.4, 0.5) is 0 Å². The molecule has 0 aromatic heterocycles. The Hall–Kier alpha value is -1.31. The third kappa shape index (κ3) is 1.22. The molecule has 1 aromatic rings. The molecule has 2 heteroatoms. The number of benzene rings is 1. The molecule has 16 heavy (non-hydrogen) atoms. The summed E-state index contributed by atoms with van der Waals surface area (Å²) in [5, 5.41) is 0. The minimum atomic E-state index is -0.133. The monoisotopic (exact) mass is 216 g/mol. The highest BCUT2D eigenvalue weighted by Gasteiger charge is 2.84. The maximum absolute atomic E-state index is 11.9. The first-order valence-electron chi connectivity index (χ1n) is 5.92. The fourth-order valence-electron chi connectivity index (χ4n) is 2.78. The lowest BCUT2D eigenvalue weighted by molar-refractivity contribution is -0.151. The van der Waals surface area contributed by atoms with Crippen molar-refractivity contribution in [2.45, 2.75) is 32.3 Å². The first-order chi connectivity index (χ1) is 7.66. The fraction of sp³-hybridized carbons (Fsp3) is 0.500.